The van der Waals surface area contributed by atoms with Gasteiger partial charge < -0.3 is 0 Å². The highest BCUT2D eigenvalue weighted by Gasteiger charge is 1.98. The summed E-state index contributed by atoms with van der Waals surface area (Å²) in [5.74, 6) is 0.670. The Hall–Kier alpha value is -1.30. The van der Waals surface area contributed by atoms with Crippen molar-refractivity contribution < 1.29 is 0 Å². The first-order chi connectivity index (χ1) is 9.30. The predicted octanol–water partition coefficient (Wildman–Crippen LogP) is 5.73. The zero-order valence-corrected chi connectivity index (χ0v) is 12.6. The first kappa shape index (κ1) is 15.8. The average Bonchev–Trinajstić information content (AvgIpc) is 2.43. The van der Waals surface area contributed by atoms with Gasteiger partial charge in [-0.05, 0) is 49.1 Å². The smallest absolute Gasteiger partial charge is 0.0202 e. The van der Waals surface area contributed by atoms with Crippen LogP contribution in [0.1, 0.15) is 50.7 Å². The molecule has 0 nitrogen and oxygen atoms in total. The van der Waals surface area contributed by atoms with E-state index in [1.54, 1.807) is 0 Å². The van der Waals surface area contributed by atoms with Crippen molar-refractivity contribution >= 4 is 0 Å². The molecule has 0 radical (unpaired) electrons. The number of hydrogen-bond donors (Lipinski definition) is 0. The van der Waals surface area contributed by atoms with E-state index in [0.29, 0.717) is 5.92 Å². The zero-order valence-electron chi connectivity index (χ0n) is 12.6. The van der Waals surface area contributed by atoms with Crippen molar-refractivity contribution in [2.24, 2.45) is 5.92 Å². The van der Waals surface area contributed by atoms with Gasteiger partial charge in [-0.25, -0.2) is 0 Å². The second-order valence-electron chi connectivity index (χ2n) is 5.23. The standard InChI is InChI=1S/C19H28/c1-4-10-17(6-3)12-7-8-13-19-15-9-14-18(16-19)11-5-2/h4,7,9,12,14-17H,1,5-6,8,10-11,13H2,2-3H3/b12-7+. The minimum Gasteiger partial charge on any atom is -0.103 e. The van der Waals surface area contributed by atoms with Crippen molar-refractivity contribution in [3.8, 4) is 0 Å². The second-order valence-corrected chi connectivity index (χ2v) is 5.23. The van der Waals surface area contributed by atoms with Crippen LogP contribution in [-0.2, 0) is 12.8 Å². The van der Waals surface area contributed by atoms with Crippen molar-refractivity contribution in [3.05, 3.63) is 60.2 Å². The topological polar surface area (TPSA) is 0 Å². The van der Waals surface area contributed by atoms with Crippen LogP contribution in [0.5, 0.6) is 0 Å². The molecule has 1 unspecified atom stereocenters. The fourth-order valence-corrected chi connectivity index (χ4v) is 2.36. The quantitative estimate of drug-likeness (QED) is 0.495. The van der Waals surface area contributed by atoms with E-state index in [2.05, 4.69) is 56.8 Å². The van der Waals surface area contributed by atoms with E-state index in [0.717, 1.165) is 19.3 Å². The van der Waals surface area contributed by atoms with E-state index < -0.39 is 0 Å². The lowest BCUT2D eigenvalue weighted by atomic mass is 10.00. The largest absolute Gasteiger partial charge is 0.103 e. The van der Waals surface area contributed by atoms with E-state index in [9.17, 15) is 0 Å². The number of benzene rings is 1. The SMILES string of the molecule is C=CCC(/C=C/CCc1cccc(CCC)c1)CC. The maximum absolute atomic E-state index is 3.82. The molecule has 0 aromatic heterocycles. The van der Waals surface area contributed by atoms with E-state index in [1.807, 2.05) is 6.08 Å². The molecule has 0 aliphatic rings. The minimum absolute atomic E-state index is 0.670. The lowest BCUT2D eigenvalue weighted by Crippen LogP contribution is -1.92. The van der Waals surface area contributed by atoms with Crippen LogP contribution in [0.15, 0.2) is 49.1 Å². The van der Waals surface area contributed by atoms with Gasteiger partial charge in [-0.15, -0.1) is 6.58 Å². The van der Waals surface area contributed by atoms with Gasteiger partial charge in [0.15, 0.2) is 0 Å². The average molecular weight is 256 g/mol. The molecular weight excluding hydrogens is 228 g/mol. The fourth-order valence-electron chi connectivity index (χ4n) is 2.36. The summed E-state index contributed by atoms with van der Waals surface area (Å²) in [5, 5.41) is 0. The van der Waals surface area contributed by atoms with Gasteiger partial charge in [-0.3, -0.25) is 0 Å². The summed E-state index contributed by atoms with van der Waals surface area (Å²) in [7, 11) is 0. The van der Waals surface area contributed by atoms with Gasteiger partial charge in [0.1, 0.15) is 0 Å². The third kappa shape index (κ3) is 6.42. The molecule has 1 atom stereocenters. The summed E-state index contributed by atoms with van der Waals surface area (Å²) < 4.78 is 0. The number of hydrogen-bond acceptors (Lipinski definition) is 0. The van der Waals surface area contributed by atoms with Crippen LogP contribution in [-0.4, -0.2) is 0 Å². The second kappa shape index (κ2) is 9.61. The van der Waals surface area contributed by atoms with E-state index in [1.165, 1.54) is 30.4 Å². The number of rotatable bonds is 9. The Bertz CT molecular complexity index is 387. The number of allylic oxidation sites excluding steroid dienone is 3. The van der Waals surface area contributed by atoms with Crippen molar-refractivity contribution in [1.29, 1.82) is 0 Å². The molecule has 0 heterocycles. The fraction of sp³-hybridized carbons (Fsp3) is 0.474. The van der Waals surface area contributed by atoms with Crippen molar-refractivity contribution in [3.63, 3.8) is 0 Å². The van der Waals surface area contributed by atoms with Gasteiger partial charge in [0, 0.05) is 0 Å². The van der Waals surface area contributed by atoms with E-state index >= 15 is 0 Å². The van der Waals surface area contributed by atoms with Crippen LogP contribution < -0.4 is 0 Å². The molecule has 0 amide bonds. The first-order valence-electron chi connectivity index (χ1n) is 7.65. The highest BCUT2D eigenvalue weighted by atomic mass is 14.0. The summed E-state index contributed by atoms with van der Waals surface area (Å²) in [4.78, 5) is 0. The Morgan fingerprint density at radius 2 is 1.89 bits per heavy atom. The molecule has 0 spiro atoms. The molecular formula is C19H28. The monoisotopic (exact) mass is 256 g/mol. The molecule has 0 heteroatoms. The Morgan fingerprint density at radius 1 is 1.16 bits per heavy atom. The molecule has 0 aliphatic heterocycles. The summed E-state index contributed by atoms with van der Waals surface area (Å²) in [5.41, 5.74) is 2.94. The molecule has 0 saturated carbocycles. The molecule has 19 heavy (non-hydrogen) atoms. The van der Waals surface area contributed by atoms with E-state index in [-0.39, 0.29) is 0 Å². The predicted molar refractivity (Wildman–Crippen MR) is 86.5 cm³/mol. The van der Waals surface area contributed by atoms with Crippen molar-refractivity contribution in [1.82, 2.24) is 0 Å². The summed E-state index contributed by atoms with van der Waals surface area (Å²) in [6, 6.07) is 9.03. The molecule has 0 bridgehead atoms. The molecule has 0 fully saturated rings. The maximum Gasteiger partial charge on any atom is -0.0202 e. The zero-order chi connectivity index (χ0) is 13.9. The molecule has 0 saturated heterocycles. The molecule has 1 aromatic rings. The molecule has 0 aliphatic carbocycles. The van der Waals surface area contributed by atoms with Gasteiger partial charge in [-0.2, -0.15) is 0 Å². The lowest BCUT2D eigenvalue weighted by molar-refractivity contribution is 0.636. The highest BCUT2D eigenvalue weighted by molar-refractivity contribution is 5.24. The van der Waals surface area contributed by atoms with Crippen LogP contribution in [0.2, 0.25) is 0 Å². The van der Waals surface area contributed by atoms with Gasteiger partial charge in [0.25, 0.3) is 0 Å². The summed E-state index contributed by atoms with van der Waals surface area (Å²) >= 11 is 0. The Balaban J connectivity index is 2.41. The van der Waals surface area contributed by atoms with E-state index in [4.69, 9.17) is 0 Å². The third-order valence-corrected chi connectivity index (χ3v) is 3.53. The maximum atomic E-state index is 3.82. The molecule has 0 N–H and O–H groups in total. The van der Waals surface area contributed by atoms with Crippen LogP contribution in [0, 0.1) is 5.92 Å². The number of aryl methyl sites for hydroxylation is 2. The normalized spacial score (nSPS) is 12.7. The minimum atomic E-state index is 0.670. The van der Waals surface area contributed by atoms with Gasteiger partial charge in [0.05, 0.1) is 0 Å². The molecule has 104 valence electrons. The molecule has 1 rings (SSSR count). The van der Waals surface area contributed by atoms with Crippen molar-refractivity contribution in [2.45, 2.75) is 52.4 Å². The van der Waals surface area contributed by atoms with Gasteiger partial charge in [0.2, 0.25) is 0 Å². The van der Waals surface area contributed by atoms with Gasteiger partial charge >= 0.3 is 0 Å². The van der Waals surface area contributed by atoms with Crippen LogP contribution in [0.3, 0.4) is 0 Å². The highest BCUT2D eigenvalue weighted by Crippen LogP contribution is 2.13. The Morgan fingerprint density at radius 3 is 2.53 bits per heavy atom. The summed E-state index contributed by atoms with van der Waals surface area (Å²) in [6.07, 6.45) is 13.7. The Labute approximate surface area is 119 Å². The third-order valence-electron chi connectivity index (χ3n) is 3.53. The van der Waals surface area contributed by atoms with Crippen LogP contribution in [0.4, 0.5) is 0 Å². The van der Waals surface area contributed by atoms with Gasteiger partial charge in [-0.1, -0.05) is 62.8 Å². The Kier molecular flexibility index (Phi) is 7.97. The molecule has 1 aromatic carbocycles. The van der Waals surface area contributed by atoms with Crippen molar-refractivity contribution in [2.75, 3.05) is 0 Å². The van der Waals surface area contributed by atoms with Crippen LogP contribution in [0.25, 0.3) is 0 Å². The van der Waals surface area contributed by atoms with Crippen LogP contribution >= 0.6 is 0 Å². The first-order valence-corrected chi connectivity index (χ1v) is 7.65. The summed E-state index contributed by atoms with van der Waals surface area (Å²) in [6.45, 7) is 8.30. The lowest BCUT2D eigenvalue weighted by Gasteiger charge is -2.06.